The van der Waals surface area contributed by atoms with Gasteiger partial charge in [0.2, 0.25) is 5.91 Å². The molecule has 4 aliphatic carbocycles. The van der Waals surface area contributed by atoms with Crippen LogP contribution < -0.4 is 21.5 Å². The lowest BCUT2D eigenvalue weighted by Crippen LogP contribution is -2.58. The van der Waals surface area contributed by atoms with Gasteiger partial charge in [-0.15, -0.1) is 0 Å². The lowest BCUT2D eigenvalue weighted by atomic mass is 9.49. The highest BCUT2D eigenvalue weighted by molar-refractivity contribution is 6.35. The monoisotopic (exact) mass is 416 g/mol. The summed E-state index contributed by atoms with van der Waals surface area (Å²) >= 11 is 0. The van der Waals surface area contributed by atoms with E-state index in [1.54, 1.807) is 19.1 Å². The zero-order chi connectivity index (χ0) is 21.3. The number of hydrogen-bond donors (Lipinski definition) is 4. The maximum atomic E-state index is 13.0. The number of nitrogens with one attached hydrogen (secondary N) is 4. The van der Waals surface area contributed by atoms with Crippen molar-refractivity contribution in [2.24, 2.45) is 23.2 Å². The molecule has 30 heavy (non-hydrogen) atoms. The fourth-order valence-corrected chi connectivity index (χ4v) is 5.75. The molecule has 1 atom stereocenters. The molecule has 5 rings (SSSR count). The Balaban J connectivity index is 1.22. The summed E-state index contributed by atoms with van der Waals surface area (Å²) in [7, 11) is 0. The summed E-state index contributed by atoms with van der Waals surface area (Å²) in [6.45, 7) is 1.63. The average Bonchev–Trinajstić information content (AvgIpc) is 3.22. The lowest BCUT2D eigenvalue weighted by Gasteiger charge is -2.55. The topological polar surface area (TPSA) is 130 Å². The van der Waals surface area contributed by atoms with Crippen molar-refractivity contribution in [3.8, 4) is 0 Å². The van der Waals surface area contributed by atoms with Gasteiger partial charge in [-0.05, 0) is 75.3 Å². The Bertz CT molecular complexity index is 799. The first kappa shape index (κ1) is 20.4. The van der Waals surface area contributed by atoms with Crippen molar-refractivity contribution in [3.05, 3.63) is 24.2 Å². The van der Waals surface area contributed by atoms with Gasteiger partial charge in [-0.25, -0.2) is 0 Å². The molecule has 4 fully saturated rings. The SMILES string of the molecule is C[C@H](NC(=O)C12CC3CC(CC(C3)C1)C2)C(=O)NNC(=O)C(=O)NCc1ccco1. The van der Waals surface area contributed by atoms with E-state index in [1.165, 1.54) is 25.5 Å². The number of hydrazine groups is 1. The molecule has 0 radical (unpaired) electrons. The van der Waals surface area contributed by atoms with Gasteiger partial charge in [-0.2, -0.15) is 0 Å². The molecule has 0 aliphatic heterocycles. The van der Waals surface area contributed by atoms with Gasteiger partial charge in [0.05, 0.1) is 12.8 Å². The number of furan rings is 1. The van der Waals surface area contributed by atoms with Gasteiger partial charge in [0.1, 0.15) is 11.8 Å². The molecule has 9 nitrogen and oxygen atoms in total. The average molecular weight is 416 g/mol. The summed E-state index contributed by atoms with van der Waals surface area (Å²) in [5, 5.41) is 5.20. The van der Waals surface area contributed by atoms with Crippen molar-refractivity contribution >= 4 is 23.6 Å². The van der Waals surface area contributed by atoms with Gasteiger partial charge in [0, 0.05) is 5.41 Å². The van der Waals surface area contributed by atoms with Crippen LogP contribution in [0.5, 0.6) is 0 Å². The van der Waals surface area contributed by atoms with E-state index >= 15 is 0 Å². The third-order valence-corrected chi connectivity index (χ3v) is 6.77. The first-order valence-corrected chi connectivity index (χ1v) is 10.6. The Labute approximate surface area is 174 Å². The van der Waals surface area contributed by atoms with Crippen molar-refractivity contribution in [2.75, 3.05) is 0 Å². The van der Waals surface area contributed by atoms with Gasteiger partial charge in [-0.3, -0.25) is 30.0 Å². The summed E-state index contributed by atoms with van der Waals surface area (Å²) in [6, 6.07) is 2.51. The molecule has 0 spiro atoms. The first-order valence-electron chi connectivity index (χ1n) is 10.6. The molecule has 1 aromatic rings. The first-order chi connectivity index (χ1) is 14.3. The van der Waals surface area contributed by atoms with E-state index in [2.05, 4.69) is 21.5 Å². The molecule has 9 heteroatoms. The zero-order valence-corrected chi connectivity index (χ0v) is 17.0. The van der Waals surface area contributed by atoms with Crippen LogP contribution in [0.2, 0.25) is 0 Å². The van der Waals surface area contributed by atoms with Crippen LogP contribution in [0.15, 0.2) is 22.8 Å². The molecule has 0 aromatic carbocycles. The van der Waals surface area contributed by atoms with Crippen molar-refractivity contribution in [3.63, 3.8) is 0 Å². The minimum Gasteiger partial charge on any atom is -0.467 e. The maximum absolute atomic E-state index is 13.0. The Morgan fingerprint density at radius 3 is 2.23 bits per heavy atom. The molecule has 1 aromatic heterocycles. The lowest BCUT2D eigenvalue weighted by molar-refractivity contribution is -0.148. The highest BCUT2D eigenvalue weighted by atomic mass is 16.3. The van der Waals surface area contributed by atoms with Crippen molar-refractivity contribution in [2.45, 2.75) is 58.0 Å². The molecule has 4 bridgehead atoms. The van der Waals surface area contributed by atoms with Crippen LogP contribution in [0.3, 0.4) is 0 Å². The number of carbonyl (C=O) groups excluding carboxylic acids is 4. The quantitative estimate of drug-likeness (QED) is 0.416. The van der Waals surface area contributed by atoms with Crippen LogP contribution >= 0.6 is 0 Å². The van der Waals surface area contributed by atoms with Crippen molar-refractivity contribution in [1.29, 1.82) is 0 Å². The van der Waals surface area contributed by atoms with E-state index in [0.717, 1.165) is 19.3 Å². The molecule has 4 amide bonds. The van der Waals surface area contributed by atoms with E-state index in [9.17, 15) is 19.2 Å². The predicted molar refractivity (Wildman–Crippen MR) is 105 cm³/mol. The van der Waals surface area contributed by atoms with Gasteiger partial charge >= 0.3 is 11.8 Å². The number of hydrogen-bond acceptors (Lipinski definition) is 5. The third kappa shape index (κ3) is 4.20. The molecule has 0 saturated heterocycles. The molecule has 4 aliphatic rings. The predicted octanol–water partition coefficient (Wildman–Crippen LogP) is 0.764. The highest BCUT2D eigenvalue weighted by Crippen LogP contribution is 2.60. The van der Waals surface area contributed by atoms with E-state index in [-0.39, 0.29) is 17.9 Å². The summed E-state index contributed by atoms with van der Waals surface area (Å²) in [5.74, 6) is -0.167. The van der Waals surface area contributed by atoms with E-state index in [0.29, 0.717) is 23.5 Å². The van der Waals surface area contributed by atoms with Crippen LogP contribution in [-0.4, -0.2) is 29.7 Å². The Hall–Kier alpha value is -2.84. The normalized spacial score (nSPS) is 29.7. The van der Waals surface area contributed by atoms with Gasteiger partial charge in [-0.1, -0.05) is 0 Å². The number of amides is 4. The second-order valence-electron chi connectivity index (χ2n) is 9.10. The molecule has 4 saturated carbocycles. The molecule has 162 valence electrons. The summed E-state index contributed by atoms with van der Waals surface area (Å²) in [4.78, 5) is 48.9. The van der Waals surface area contributed by atoms with Crippen LogP contribution in [0.1, 0.15) is 51.2 Å². The van der Waals surface area contributed by atoms with Gasteiger partial charge < -0.3 is 15.1 Å². The highest BCUT2D eigenvalue weighted by Gasteiger charge is 2.54. The summed E-state index contributed by atoms with van der Waals surface area (Å²) < 4.78 is 5.06. The molecular formula is C21H28N4O5. The summed E-state index contributed by atoms with van der Waals surface area (Å²) in [5.41, 5.74) is 3.92. The van der Waals surface area contributed by atoms with E-state index < -0.39 is 23.8 Å². The molecule has 0 unspecified atom stereocenters. The van der Waals surface area contributed by atoms with Crippen LogP contribution in [0, 0.1) is 23.2 Å². The third-order valence-electron chi connectivity index (χ3n) is 6.77. The van der Waals surface area contributed by atoms with Crippen molar-refractivity contribution < 1.29 is 23.6 Å². The standard InChI is InChI=1S/C21H28N4O5/c1-12(17(26)24-25-19(28)18(27)22-11-16-3-2-4-30-16)23-20(29)21-8-13-5-14(9-21)7-15(6-13)10-21/h2-4,12-15H,5-11H2,1H3,(H,22,27)(H,23,29)(H,24,26)(H,25,28)/t12-,13?,14?,15?,21?/m0/s1. The molecule has 4 N–H and O–H groups in total. The number of carbonyl (C=O) groups is 4. The number of rotatable bonds is 5. The largest absolute Gasteiger partial charge is 0.467 e. The van der Waals surface area contributed by atoms with Crippen LogP contribution in [-0.2, 0) is 25.7 Å². The van der Waals surface area contributed by atoms with Crippen LogP contribution in [0.25, 0.3) is 0 Å². The van der Waals surface area contributed by atoms with Crippen molar-refractivity contribution in [1.82, 2.24) is 21.5 Å². The minimum absolute atomic E-state index is 0.0602. The molecule has 1 heterocycles. The van der Waals surface area contributed by atoms with Crippen LogP contribution in [0.4, 0.5) is 0 Å². The van der Waals surface area contributed by atoms with Gasteiger partial charge in [0.25, 0.3) is 5.91 Å². The maximum Gasteiger partial charge on any atom is 0.327 e. The summed E-state index contributed by atoms with van der Waals surface area (Å²) in [6.07, 6.45) is 7.88. The second kappa shape index (κ2) is 8.12. The van der Waals surface area contributed by atoms with E-state index in [1.807, 2.05) is 0 Å². The van der Waals surface area contributed by atoms with Gasteiger partial charge in [0.15, 0.2) is 0 Å². The minimum atomic E-state index is -1.01. The fourth-order valence-electron chi connectivity index (χ4n) is 5.75. The fraction of sp³-hybridized carbons (Fsp3) is 0.619. The zero-order valence-electron chi connectivity index (χ0n) is 17.0. The second-order valence-corrected chi connectivity index (χ2v) is 9.10. The Kier molecular flexibility index (Phi) is 5.53. The molecular weight excluding hydrogens is 388 g/mol. The van der Waals surface area contributed by atoms with E-state index in [4.69, 9.17) is 4.42 Å². The Morgan fingerprint density at radius 2 is 1.67 bits per heavy atom. The Morgan fingerprint density at radius 1 is 1.03 bits per heavy atom. The smallest absolute Gasteiger partial charge is 0.327 e.